The van der Waals surface area contributed by atoms with E-state index in [2.05, 4.69) is 18.8 Å². The summed E-state index contributed by atoms with van der Waals surface area (Å²) in [6.45, 7) is 9.81. The van der Waals surface area contributed by atoms with Crippen molar-refractivity contribution in [3.05, 3.63) is 15.8 Å². The van der Waals surface area contributed by atoms with Crippen LogP contribution in [0.2, 0.25) is 0 Å². The summed E-state index contributed by atoms with van der Waals surface area (Å²) in [6.07, 6.45) is 4.90. The van der Waals surface area contributed by atoms with Crippen LogP contribution in [0.15, 0.2) is 6.07 Å². The Morgan fingerprint density at radius 3 is 2.23 bits per heavy atom. The second-order valence-electron chi connectivity index (χ2n) is 10.2. The van der Waals surface area contributed by atoms with Crippen LogP contribution in [0.25, 0.3) is 0 Å². The largest absolute Gasteiger partial charge is 0.477 e. The number of Topliss-reactive ketones (excluding diaryl/α,β-unsaturated/α-hetero) is 1. The molecule has 1 aromatic heterocycles. The molecule has 5 nitrogen and oxygen atoms in total. The second kappa shape index (κ2) is 9.16. The van der Waals surface area contributed by atoms with Crippen molar-refractivity contribution in [2.75, 3.05) is 4.90 Å². The first-order valence-corrected chi connectivity index (χ1v) is 12.0. The topological polar surface area (TPSA) is 74.7 Å². The minimum atomic E-state index is -1.04. The van der Waals surface area contributed by atoms with Crippen molar-refractivity contribution in [3.8, 4) is 11.8 Å². The van der Waals surface area contributed by atoms with Gasteiger partial charge in [0, 0.05) is 23.3 Å². The molecule has 0 atom stereocenters. The van der Waals surface area contributed by atoms with Gasteiger partial charge in [0.25, 0.3) is 0 Å². The highest BCUT2D eigenvalue weighted by atomic mass is 32.1. The van der Waals surface area contributed by atoms with Gasteiger partial charge in [-0.05, 0) is 78.2 Å². The molecule has 0 unspecified atom stereocenters. The van der Waals surface area contributed by atoms with E-state index < -0.39 is 5.97 Å². The van der Waals surface area contributed by atoms with Gasteiger partial charge in [0.15, 0.2) is 0 Å². The Balaban J connectivity index is 1.97. The number of carbonyl (C=O) groups excluding carboxylic acids is 2. The summed E-state index contributed by atoms with van der Waals surface area (Å²) in [7, 11) is 0. The molecule has 0 aromatic carbocycles. The number of thiophene rings is 1. The SMILES string of the molecule is CC(=O)C1CC(N(C(=O)C2CCC(C)CC2)c2cc(C#CC(C)(C)C)sc2C(=O)O)C1. The first kappa shape index (κ1) is 23.5. The van der Waals surface area contributed by atoms with Crippen LogP contribution < -0.4 is 4.90 Å². The third kappa shape index (κ3) is 5.57. The molecule has 3 rings (SSSR count). The molecule has 6 heteroatoms. The van der Waals surface area contributed by atoms with Crippen LogP contribution in [-0.4, -0.2) is 28.8 Å². The first-order valence-electron chi connectivity index (χ1n) is 11.2. The highest BCUT2D eigenvalue weighted by Gasteiger charge is 2.42. The van der Waals surface area contributed by atoms with Crippen molar-refractivity contribution in [1.29, 1.82) is 0 Å². The highest BCUT2D eigenvalue weighted by Crippen LogP contribution is 2.41. The minimum absolute atomic E-state index is 0.00883. The van der Waals surface area contributed by atoms with Gasteiger partial charge in [-0.25, -0.2) is 4.79 Å². The van der Waals surface area contributed by atoms with Crippen LogP contribution in [0, 0.1) is 35.0 Å². The highest BCUT2D eigenvalue weighted by molar-refractivity contribution is 7.15. The Bertz CT molecular complexity index is 916. The van der Waals surface area contributed by atoms with Crippen molar-refractivity contribution >= 4 is 34.7 Å². The van der Waals surface area contributed by atoms with E-state index in [1.54, 1.807) is 17.9 Å². The number of ketones is 1. The molecule has 1 amide bonds. The van der Waals surface area contributed by atoms with Crippen LogP contribution in [0.3, 0.4) is 0 Å². The number of carboxylic acids is 1. The summed E-state index contributed by atoms with van der Waals surface area (Å²) in [5.74, 6) is 5.85. The molecule has 0 spiro atoms. The van der Waals surface area contributed by atoms with E-state index >= 15 is 0 Å². The summed E-state index contributed by atoms with van der Waals surface area (Å²) < 4.78 is 0. The normalized spacial score (nSPS) is 25.7. The molecule has 31 heavy (non-hydrogen) atoms. The molecule has 2 aliphatic rings. The Morgan fingerprint density at radius 1 is 1.10 bits per heavy atom. The molecule has 0 bridgehead atoms. The molecule has 1 aromatic rings. The van der Waals surface area contributed by atoms with Crippen molar-refractivity contribution in [1.82, 2.24) is 0 Å². The average Bonchev–Trinajstić information content (AvgIpc) is 3.06. The fourth-order valence-corrected chi connectivity index (χ4v) is 5.20. The predicted molar refractivity (Wildman–Crippen MR) is 123 cm³/mol. The van der Waals surface area contributed by atoms with E-state index in [0.29, 0.717) is 29.3 Å². The van der Waals surface area contributed by atoms with Crippen LogP contribution in [0.5, 0.6) is 0 Å². The van der Waals surface area contributed by atoms with Crippen molar-refractivity contribution in [2.24, 2.45) is 23.2 Å². The van der Waals surface area contributed by atoms with Crippen molar-refractivity contribution in [2.45, 2.75) is 79.2 Å². The number of rotatable bonds is 5. The van der Waals surface area contributed by atoms with Crippen molar-refractivity contribution < 1.29 is 19.5 Å². The molecule has 1 heterocycles. The second-order valence-corrected chi connectivity index (χ2v) is 11.3. The van der Waals surface area contributed by atoms with Gasteiger partial charge in [0.1, 0.15) is 10.7 Å². The summed E-state index contributed by atoms with van der Waals surface area (Å²) in [5.41, 5.74) is 0.246. The number of nitrogens with zero attached hydrogens (tertiary/aromatic N) is 1. The van der Waals surface area contributed by atoms with Crippen LogP contribution >= 0.6 is 11.3 Å². The summed E-state index contributed by atoms with van der Waals surface area (Å²) in [4.78, 5) is 40.0. The van der Waals surface area contributed by atoms with Gasteiger partial charge in [-0.15, -0.1) is 11.3 Å². The van der Waals surface area contributed by atoms with Crippen LogP contribution in [0.1, 0.15) is 87.7 Å². The number of hydrogen-bond acceptors (Lipinski definition) is 4. The molecular formula is C25H33NO4S. The maximum absolute atomic E-state index is 13.6. The molecule has 2 saturated carbocycles. The molecular weight excluding hydrogens is 410 g/mol. The Morgan fingerprint density at radius 2 is 1.71 bits per heavy atom. The molecule has 2 fully saturated rings. The standard InChI is InChI=1S/C25H33NO4S/c1-15-6-8-17(9-7-15)23(28)26(19-12-18(13-19)16(2)27)21-14-20(10-11-25(3,4)5)31-22(21)24(29)30/h14-15,17-19H,6-9,12-13H2,1-5H3,(H,29,30). The number of carbonyl (C=O) groups is 3. The molecule has 0 aliphatic heterocycles. The molecule has 0 radical (unpaired) electrons. The van der Waals surface area contributed by atoms with Gasteiger partial charge in [-0.3, -0.25) is 9.59 Å². The van der Waals surface area contributed by atoms with E-state index in [4.69, 9.17) is 0 Å². The number of hydrogen-bond donors (Lipinski definition) is 1. The third-order valence-corrected chi connectivity index (χ3v) is 7.41. The maximum Gasteiger partial charge on any atom is 0.348 e. The number of anilines is 1. The summed E-state index contributed by atoms with van der Waals surface area (Å²) >= 11 is 1.13. The van der Waals surface area contributed by atoms with E-state index in [-0.39, 0.29) is 39.9 Å². The number of carboxylic acid groups (broad SMARTS) is 1. The zero-order valence-electron chi connectivity index (χ0n) is 19.2. The number of amides is 1. The minimum Gasteiger partial charge on any atom is -0.477 e. The average molecular weight is 444 g/mol. The molecule has 2 aliphatic carbocycles. The quantitative estimate of drug-likeness (QED) is 0.621. The van der Waals surface area contributed by atoms with Gasteiger partial charge >= 0.3 is 5.97 Å². The van der Waals surface area contributed by atoms with Crippen LogP contribution in [-0.2, 0) is 9.59 Å². The van der Waals surface area contributed by atoms with E-state index in [9.17, 15) is 19.5 Å². The number of aromatic carboxylic acids is 1. The molecule has 168 valence electrons. The van der Waals surface area contributed by atoms with Crippen LogP contribution in [0.4, 0.5) is 5.69 Å². The lowest BCUT2D eigenvalue weighted by Crippen LogP contribution is -2.52. The van der Waals surface area contributed by atoms with E-state index in [1.807, 2.05) is 20.8 Å². The molecule has 1 N–H and O–H groups in total. The lowest BCUT2D eigenvalue weighted by atomic mass is 9.75. The van der Waals surface area contributed by atoms with E-state index in [1.165, 1.54) is 0 Å². The van der Waals surface area contributed by atoms with Gasteiger partial charge in [0.05, 0.1) is 10.6 Å². The smallest absolute Gasteiger partial charge is 0.348 e. The predicted octanol–water partition coefficient (Wildman–Crippen LogP) is 5.37. The summed E-state index contributed by atoms with van der Waals surface area (Å²) in [5, 5.41) is 9.87. The van der Waals surface area contributed by atoms with Gasteiger partial charge < -0.3 is 10.0 Å². The van der Waals surface area contributed by atoms with E-state index in [0.717, 1.165) is 37.0 Å². The van der Waals surface area contributed by atoms with Gasteiger partial charge in [-0.1, -0.05) is 18.8 Å². The third-order valence-electron chi connectivity index (χ3n) is 6.38. The Kier molecular flexibility index (Phi) is 6.95. The van der Waals surface area contributed by atoms with Gasteiger partial charge in [-0.2, -0.15) is 0 Å². The monoisotopic (exact) mass is 443 g/mol. The lowest BCUT2D eigenvalue weighted by Gasteiger charge is -2.43. The molecule has 0 saturated heterocycles. The fourth-order valence-electron chi connectivity index (χ4n) is 4.35. The fraction of sp³-hybridized carbons (Fsp3) is 0.640. The van der Waals surface area contributed by atoms with Gasteiger partial charge in [0.2, 0.25) is 5.91 Å². The zero-order chi connectivity index (χ0) is 22.9. The summed E-state index contributed by atoms with van der Waals surface area (Å²) in [6, 6.07) is 1.63. The Labute approximate surface area is 189 Å². The Hall–Kier alpha value is -2.13. The lowest BCUT2D eigenvalue weighted by molar-refractivity contribution is -0.128. The first-order chi connectivity index (χ1) is 14.5. The zero-order valence-corrected chi connectivity index (χ0v) is 20.0. The maximum atomic E-state index is 13.6. The van der Waals surface area contributed by atoms with Crippen molar-refractivity contribution in [3.63, 3.8) is 0 Å².